The number of carbonyl (C=O) groups is 3. The maximum Gasteiger partial charge on any atom is 0.220 e. The molecule has 0 spiro atoms. The molecule has 0 aromatic rings. The van der Waals surface area contributed by atoms with Gasteiger partial charge in [0.1, 0.15) is 122 Å². The van der Waals surface area contributed by atoms with E-state index >= 15 is 0 Å². The molecule has 0 saturated carbocycles. The summed E-state index contributed by atoms with van der Waals surface area (Å²) >= 11 is 0. The predicted molar refractivity (Wildman–Crippen MR) is 361 cm³/mol. The fraction of sp³-hybridized carbons (Fsp3) is 0.929. The zero-order valence-corrected chi connectivity index (χ0v) is 59.8. The Hall–Kier alpha value is -2.85. The first kappa shape index (κ1) is 88.8. The topological polar surface area (TPSA) is 483 Å². The molecule has 5 saturated heterocycles. The summed E-state index contributed by atoms with van der Waals surface area (Å²) in [5.74, 6) is -1.82. The van der Waals surface area contributed by atoms with Crippen molar-refractivity contribution in [2.45, 2.75) is 373 Å². The zero-order valence-electron chi connectivity index (χ0n) is 59.8. The Morgan fingerprint density at radius 2 is 0.772 bits per heavy atom. The molecular weight excluding hydrogens is 1330 g/mol. The first-order valence-corrected chi connectivity index (χ1v) is 37.4. The molecule has 5 aliphatic heterocycles. The lowest BCUT2D eigenvalue weighted by Crippen LogP contribution is -2.69. The third-order valence-corrected chi connectivity index (χ3v) is 19.6. The van der Waals surface area contributed by atoms with E-state index in [-0.39, 0.29) is 12.3 Å². The van der Waals surface area contributed by atoms with Crippen molar-refractivity contribution >= 4 is 17.7 Å². The van der Waals surface area contributed by atoms with Crippen LogP contribution in [0.25, 0.3) is 0 Å². The molecule has 31 nitrogen and oxygen atoms in total. The average Bonchev–Trinajstić information content (AvgIpc) is 0.779. The van der Waals surface area contributed by atoms with E-state index in [0.29, 0.717) is 12.8 Å². The Bertz CT molecular complexity index is 2270. The molecule has 0 aliphatic carbocycles. The second-order valence-electron chi connectivity index (χ2n) is 27.9. The summed E-state index contributed by atoms with van der Waals surface area (Å²) in [7, 11) is 0. The monoisotopic (exact) mass is 1460 g/mol. The van der Waals surface area contributed by atoms with E-state index in [1.165, 1.54) is 109 Å². The van der Waals surface area contributed by atoms with Gasteiger partial charge in [-0.25, -0.2) is 0 Å². The predicted octanol–water partition coefficient (Wildman–Crippen LogP) is -0.248. The van der Waals surface area contributed by atoms with Gasteiger partial charge in [0.25, 0.3) is 0 Å². The van der Waals surface area contributed by atoms with E-state index < -0.39 is 217 Å². The van der Waals surface area contributed by atoms with Gasteiger partial charge in [0.2, 0.25) is 17.7 Å². The molecule has 5 heterocycles. The number of allylic oxidation sites excluding steroid dienone is 1. The van der Waals surface area contributed by atoms with Crippen molar-refractivity contribution in [2.75, 3.05) is 39.6 Å². The van der Waals surface area contributed by atoms with Crippen molar-refractivity contribution in [1.82, 2.24) is 16.0 Å². The van der Waals surface area contributed by atoms with Crippen LogP contribution < -0.4 is 16.0 Å². The highest BCUT2D eigenvalue weighted by atomic mass is 16.8. The molecule has 101 heavy (non-hydrogen) atoms. The SMILES string of the molecule is CCCCCCCCCCCCC/C=C/[C@@H](O)[C@H](CO[C@@H]1OC(CO)[C@@H](O[C@@H]2OC(CO[C@@H]3OC(CO)[C@@H](O)[C@H](O)C3NC(C)=O)[C@H](O)[C@H](O[C@H]3OC(CO)[C@H](O)[C@H](O[C@@H]4OC(CO)[C@H](O)[C@H](O)C4NC(C)=O)C3O)C2O)[C@H](O)C1O)NC(=O)CCCCCCCCCCCCCCCCC. The van der Waals surface area contributed by atoms with E-state index in [1.807, 2.05) is 6.08 Å². The highest BCUT2D eigenvalue weighted by Gasteiger charge is 2.57. The van der Waals surface area contributed by atoms with Crippen molar-refractivity contribution in [3.63, 3.8) is 0 Å². The molecule has 0 aromatic carbocycles. The molecule has 590 valence electrons. The number of amides is 3. The molecular formula is C70H127N3O28. The minimum absolute atomic E-state index is 0.169. The first-order valence-electron chi connectivity index (χ1n) is 37.4. The lowest BCUT2D eigenvalue weighted by atomic mass is 9.94. The Kier molecular flexibility index (Phi) is 42.6. The third-order valence-electron chi connectivity index (χ3n) is 19.6. The number of rotatable bonds is 49. The normalized spacial score (nSPS) is 35.3. The van der Waals surface area contributed by atoms with E-state index in [0.717, 1.165) is 65.2 Å². The average molecular weight is 1460 g/mol. The van der Waals surface area contributed by atoms with Crippen LogP contribution >= 0.6 is 0 Å². The maximum atomic E-state index is 13.6. The molecule has 31 heteroatoms. The van der Waals surface area contributed by atoms with Crippen molar-refractivity contribution in [2.24, 2.45) is 0 Å². The van der Waals surface area contributed by atoms with Gasteiger partial charge in [-0.2, -0.15) is 0 Å². The van der Waals surface area contributed by atoms with Crippen LogP contribution in [0.1, 0.15) is 207 Å². The largest absolute Gasteiger partial charge is 0.394 e. The molecule has 3 amide bonds. The number of carbonyl (C=O) groups excluding carboxylic acids is 3. The van der Waals surface area contributed by atoms with Crippen LogP contribution in [-0.4, -0.2) is 300 Å². The first-order chi connectivity index (χ1) is 48.5. The molecule has 5 rings (SSSR count). The summed E-state index contributed by atoms with van der Waals surface area (Å²) < 4.78 is 59.3. The molecule has 18 N–H and O–H groups in total. The van der Waals surface area contributed by atoms with Crippen LogP contribution in [-0.2, 0) is 61.8 Å². The van der Waals surface area contributed by atoms with Gasteiger partial charge in [-0.3, -0.25) is 14.4 Å². The van der Waals surface area contributed by atoms with Crippen LogP contribution in [0.5, 0.6) is 0 Å². The van der Waals surface area contributed by atoms with Crippen molar-refractivity contribution in [1.29, 1.82) is 0 Å². The maximum absolute atomic E-state index is 13.6. The Morgan fingerprint density at radius 1 is 0.396 bits per heavy atom. The Balaban J connectivity index is 1.31. The number of aliphatic hydroxyl groups is 15. The molecule has 0 radical (unpaired) electrons. The highest BCUT2D eigenvalue weighted by Crippen LogP contribution is 2.36. The van der Waals surface area contributed by atoms with Crippen molar-refractivity contribution < 1.29 is 138 Å². The van der Waals surface area contributed by atoms with Crippen LogP contribution in [0, 0.1) is 0 Å². The summed E-state index contributed by atoms with van der Waals surface area (Å²) in [6.45, 7) is 1.56. The van der Waals surface area contributed by atoms with Crippen LogP contribution in [0.2, 0.25) is 0 Å². The van der Waals surface area contributed by atoms with Gasteiger partial charge in [0, 0.05) is 20.3 Å². The number of hydrogen-bond donors (Lipinski definition) is 18. The summed E-state index contributed by atoms with van der Waals surface area (Å²) in [5.41, 5.74) is 0. The van der Waals surface area contributed by atoms with E-state index in [1.54, 1.807) is 6.08 Å². The lowest BCUT2D eigenvalue weighted by molar-refractivity contribution is -0.390. The molecule has 27 atom stereocenters. The summed E-state index contributed by atoms with van der Waals surface area (Å²) in [6, 6.07) is -4.21. The van der Waals surface area contributed by atoms with Gasteiger partial charge in [0.05, 0.1) is 51.8 Å². The minimum atomic E-state index is -2.27. The van der Waals surface area contributed by atoms with Gasteiger partial charge in [0.15, 0.2) is 31.5 Å². The molecule has 5 fully saturated rings. The number of nitrogens with one attached hydrogen (secondary N) is 3. The van der Waals surface area contributed by atoms with E-state index in [9.17, 15) is 91.0 Å². The van der Waals surface area contributed by atoms with Gasteiger partial charge in [-0.15, -0.1) is 0 Å². The molecule has 0 bridgehead atoms. The van der Waals surface area contributed by atoms with Crippen molar-refractivity contribution in [3.05, 3.63) is 12.2 Å². The van der Waals surface area contributed by atoms with Crippen molar-refractivity contribution in [3.8, 4) is 0 Å². The van der Waals surface area contributed by atoms with Crippen LogP contribution in [0.15, 0.2) is 12.2 Å². The standard InChI is InChI=1S/C70H127N3O28/c1-5-7-9-11-13-15-17-19-20-22-24-26-28-30-32-34-50(81)73-43(44(80)33-31-29-27-25-23-21-18-16-14-12-10-8-6-2)39-92-68-60(89)59(88)63(48(38-77)97-68)99-70-62(91)65(56(85)49(98-70)40-93-66-51(71-41(3)78)57(86)53(82)45(35-74)94-66)101-69-61(90)64(55(84)47(37-76)96-69)100-67-52(72-42(4)79)58(87)54(83)46(36-75)95-67/h31,33,43-49,51-70,74-77,80,82-91H,5-30,32,34-40H2,1-4H3,(H,71,78)(H,72,79)(H,73,81)/b33-31+/t43-,44+,45?,46?,47?,48?,49?,51?,52?,53+,54-,55-,56-,57+,58+,59+,60?,61?,62?,63+,64-,65-,66+,67-,68+,69+,70-/m0/s1. The number of unbranched alkanes of at least 4 members (excludes halogenated alkanes) is 25. The van der Waals surface area contributed by atoms with Crippen LogP contribution in [0.3, 0.4) is 0 Å². The van der Waals surface area contributed by atoms with Gasteiger partial charge >= 0.3 is 0 Å². The second-order valence-corrected chi connectivity index (χ2v) is 27.9. The second kappa shape index (κ2) is 48.5. The van der Waals surface area contributed by atoms with Gasteiger partial charge < -0.3 is 140 Å². The number of ether oxygens (including phenoxy) is 10. The van der Waals surface area contributed by atoms with Crippen LogP contribution in [0.4, 0.5) is 0 Å². The fourth-order valence-electron chi connectivity index (χ4n) is 13.5. The Labute approximate surface area is 594 Å². The van der Waals surface area contributed by atoms with E-state index in [4.69, 9.17) is 47.4 Å². The molecule has 5 aliphatic rings. The van der Waals surface area contributed by atoms with E-state index in [2.05, 4.69) is 29.8 Å². The fourth-order valence-corrected chi connectivity index (χ4v) is 13.5. The smallest absolute Gasteiger partial charge is 0.220 e. The van der Waals surface area contributed by atoms with Gasteiger partial charge in [-0.05, 0) is 19.3 Å². The summed E-state index contributed by atoms with van der Waals surface area (Å²) in [4.78, 5) is 38.1. The lowest BCUT2D eigenvalue weighted by Gasteiger charge is -2.50. The summed E-state index contributed by atoms with van der Waals surface area (Å²) in [6.07, 6.45) is -10.4. The molecule has 0 aromatic heterocycles. The zero-order chi connectivity index (χ0) is 74.0. The quantitative estimate of drug-likeness (QED) is 0.0276. The number of aliphatic hydroxyl groups excluding tert-OH is 15. The third kappa shape index (κ3) is 28.7. The highest BCUT2D eigenvalue weighted by molar-refractivity contribution is 5.76. The number of hydrogen-bond acceptors (Lipinski definition) is 28. The minimum Gasteiger partial charge on any atom is -0.394 e. The molecule has 10 unspecified atom stereocenters. The summed E-state index contributed by atoms with van der Waals surface area (Å²) in [5, 5.41) is 175. The van der Waals surface area contributed by atoms with Gasteiger partial charge in [-0.1, -0.05) is 180 Å². The Morgan fingerprint density at radius 3 is 1.24 bits per heavy atom.